The van der Waals surface area contributed by atoms with Gasteiger partial charge in [0.1, 0.15) is 12.0 Å². The van der Waals surface area contributed by atoms with Crippen LogP contribution < -0.4 is 10.1 Å². The normalized spacial score (nSPS) is 22.6. The highest BCUT2D eigenvalue weighted by atomic mass is 16.5. The number of carboxylic acid groups (broad SMARTS) is 1. The molecule has 3 heterocycles. The van der Waals surface area contributed by atoms with Crippen molar-refractivity contribution in [3.05, 3.63) is 78.0 Å². The molecule has 2 saturated heterocycles. The molecule has 166 valence electrons. The van der Waals surface area contributed by atoms with Crippen LogP contribution in [0, 0.1) is 0 Å². The Morgan fingerprint density at radius 2 is 1.81 bits per heavy atom. The summed E-state index contributed by atoms with van der Waals surface area (Å²) in [5.41, 5.74) is 2.63. The van der Waals surface area contributed by atoms with Crippen molar-refractivity contribution in [2.45, 2.75) is 57.0 Å². The van der Waals surface area contributed by atoms with Crippen LogP contribution in [0.25, 0.3) is 0 Å². The zero-order chi connectivity index (χ0) is 21.9. The highest BCUT2D eigenvalue weighted by molar-refractivity contribution is 5.87. The zero-order valence-corrected chi connectivity index (χ0v) is 17.8. The predicted octanol–water partition coefficient (Wildman–Crippen LogP) is 4.56. The first kappa shape index (κ1) is 20.6. The maximum atomic E-state index is 11.1. The van der Waals surface area contributed by atoms with Crippen molar-refractivity contribution in [3.8, 4) is 5.75 Å². The lowest BCUT2D eigenvalue weighted by molar-refractivity contribution is 0.0696. The second kappa shape index (κ2) is 9.04. The van der Waals surface area contributed by atoms with Crippen LogP contribution in [0.5, 0.6) is 5.75 Å². The van der Waals surface area contributed by atoms with Crippen molar-refractivity contribution >= 4 is 11.7 Å². The Labute approximate surface area is 187 Å². The van der Waals surface area contributed by atoms with Crippen LogP contribution in [0.3, 0.4) is 0 Å². The van der Waals surface area contributed by atoms with Gasteiger partial charge in [0.15, 0.2) is 6.61 Å². The van der Waals surface area contributed by atoms with Gasteiger partial charge in [0.25, 0.3) is 0 Å². The number of carboxylic acids is 1. The number of carbonyl (C=O) groups is 1. The molecule has 2 aliphatic rings. The molecule has 0 spiro atoms. The number of aromatic nitrogens is 1. The molecule has 0 saturated carbocycles. The fourth-order valence-electron chi connectivity index (χ4n) is 4.97. The van der Waals surface area contributed by atoms with Gasteiger partial charge in [0, 0.05) is 30.4 Å². The number of aromatic carboxylic acids is 1. The molecule has 0 aliphatic carbocycles. The third kappa shape index (κ3) is 4.62. The van der Waals surface area contributed by atoms with E-state index in [4.69, 9.17) is 14.3 Å². The third-order valence-corrected chi connectivity index (χ3v) is 6.52. The Balaban J connectivity index is 1.14. The number of hydrogen-bond donors (Lipinski definition) is 2. The van der Waals surface area contributed by atoms with Gasteiger partial charge in [-0.15, -0.1) is 0 Å². The van der Waals surface area contributed by atoms with Crippen molar-refractivity contribution in [2.24, 2.45) is 0 Å². The Bertz CT molecular complexity index is 1020. The maximum Gasteiger partial charge on any atom is 0.335 e. The summed E-state index contributed by atoms with van der Waals surface area (Å²) in [5, 5.41) is 12.8. The minimum absolute atomic E-state index is 0.320. The third-order valence-electron chi connectivity index (χ3n) is 6.52. The van der Waals surface area contributed by atoms with Crippen molar-refractivity contribution in [2.75, 3.05) is 5.32 Å². The summed E-state index contributed by atoms with van der Waals surface area (Å²) in [7, 11) is 0. The van der Waals surface area contributed by atoms with E-state index in [1.54, 1.807) is 24.6 Å². The number of benzene rings is 2. The van der Waals surface area contributed by atoms with Crippen LogP contribution >= 0.6 is 0 Å². The summed E-state index contributed by atoms with van der Waals surface area (Å²) in [6.07, 6.45) is 7.84. The molecule has 2 bridgehead atoms. The molecule has 2 aliphatic heterocycles. The molecule has 0 amide bonds. The van der Waals surface area contributed by atoms with Crippen LogP contribution in [-0.4, -0.2) is 39.1 Å². The average molecular weight is 434 g/mol. The van der Waals surface area contributed by atoms with Gasteiger partial charge in [0.05, 0.1) is 11.8 Å². The van der Waals surface area contributed by atoms with Crippen molar-refractivity contribution in [1.29, 1.82) is 0 Å². The lowest BCUT2D eigenvalue weighted by Gasteiger charge is -2.39. The van der Waals surface area contributed by atoms with Crippen LogP contribution in [0.1, 0.15) is 47.5 Å². The van der Waals surface area contributed by atoms with E-state index in [9.17, 15) is 4.79 Å². The zero-order valence-electron chi connectivity index (χ0n) is 17.8. The van der Waals surface area contributed by atoms with Crippen LogP contribution in [-0.2, 0) is 13.2 Å². The van der Waals surface area contributed by atoms with Crippen molar-refractivity contribution < 1.29 is 19.1 Å². The number of oxazole rings is 1. The Hall–Kier alpha value is -3.32. The number of anilines is 1. The molecule has 2 aromatic carbocycles. The molecule has 2 fully saturated rings. The highest BCUT2D eigenvalue weighted by Gasteiger charge is 2.40. The first-order valence-corrected chi connectivity index (χ1v) is 11.1. The number of rotatable bonds is 8. The number of hydrogen-bond acceptors (Lipinski definition) is 6. The minimum Gasteiger partial charge on any atom is -0.484 e. The van der Waals surface area contributed by atoms with Gasteiger partial charge in [-0.2, -0.15) is 0 Å². The van der Waals surface area contributed by atoms with Crippen LogP contribution in [0.2, 0.25) is 0 Å². The molecule has 7 heteroatoms. The van der Waals surface area contributed by atoms with E-state index in [0.29, 0.717) is 36.2 Å². The molecule has 1 aromatic heterocycles. The quantitative estimate of drug-likeness (QED) is 0.538. The molecular formula is C25H27N3O4. The molecule has 2 N–H and O–H groups in total. The second-order valence-electron chi connectivity index (χ2n) is 8.61. The predicted molar refractivity (Wildman–Crippen MR) is 120 cm³/mol. The molecule has 0 radical (unpaired) electrons. The van der Waals surface area contributed by atoms with Gasteiger partial charge < -0.3 is 19.6 Å². The van der Waals surface area contributed by atoms with Gasteiger partial charge in [0.2, 0.25) is 5.89 Å². The maximum absolute atomic E-state index is 11.1. The first-order chi connectivity index (χ1) is 15.6. The van der Waals surface area contributed by atoms with Gasteiger partial charge in [-0.3, -0.25) is 4.90 Å². The molecule has 32 heavy (non-hydrogen) atoms. The van der Waals surface area contributed by atoms with E-state index >= 15 is 0 Å². The number of piperidine rings is 1. The number of nitrogens with one attached hydrogen (secondary N) is 1. The number of nitrogens with zero attached hydrogens (tertiary/aromatic N) is 2. The lowest BCUT2D eigenvalue weighted by Crippen LogP contribution is -2.46. The topological polar surface area (TPSA) is 87.8 Å². The minimum atomic E-state index is -0.877. The summed E-state index contributed by atoms with van der Waals surface area (Å²) >= 11 is 0. The fraction of sp³-hybridized carbons (Fsp3) is 0.360. The SMILES string of the molecule is O=C(O)c1ccc(CN2[C@@H]3CC[C@H]2C[C@H](Nc2ccc(OCc4ncco4)cc2)C3)cc1. The van der Waals surface area contributed by atoms with E-state index in [1.165, 1.54) is 18.4 Å². The van der Waals surface area contributed by atoms with Crippen molar-refractivity contribution in [1.82, 2.24) is 9.88 Å². The summed E-state index contributed by atoms with van der Waals surface area (Å²) in [6, 6.07) is 16.9. The first-order valence-electron chi connectivity index (χ1n) is 11.1. The molecule has 7 nitrogen and oxygen atoms in total. The smallest absolute Gasteiger partial charge is 0.335 e. The lowest BCUT2D eigenvalue weighted by atomic mass is 9.96. The molecule has 3 atom stereocenters. The van der Waals surface area contributed by atoms with E-state index in [-0.39, 0.29) is 0 Å². The summed E-state index contributed by atoms with van der Waals surface area (Å²) in [6.45, 7) is 1.21. The van der Waals surface area contributed by atoms with Gasteiger partial charge in [-0.25, -0.2) is 9.78 Å². The summed E-state index contributed by atoms with van der Waals surface area (Å²) in [5.74, 6) is 0.474. The second-order valence-corrected chi connectivity index (χ2v) is 8.61. The number of ether oxygens (including phenoxy) is 1. The fourth-order valence-corrected chi connectivity index (χ4v) is 4.97. The van der Waals surface area contributed by atoms with Gasteiger partial charge in [-0.05, 0) is 67.6 Å². The monoisotopic (exact) mass is 433 g/mol. The Kier molecular flexibility index (Phi) is 5.81. The van der Waals surface area contributed by atoms with Crippen LogP contribution in [0.15, 0.2) is 65.4 Å². The Morgan fingerprint density at radius 1 is 1.09 bits per heavy atom. The molecular weight excluding hydrogens is 406 g/mol. The van der Waals surface area contributed by atoms with Crippen LogP contribution in [0.4, 0.5) is 5.69 Å². The highest BCUT2D eigenvalue weighted by Crippen LogP contribution is 2.38. The van der Waals surface area contributed by atoms with Gasteiger partial charge in [-0.1, -0.05) is 12.1 Å². The number of fused-ring (bicyclic) bond motifs is 2. The largest absolute Gasteiger partial charge is 0.484 e. The van der Waals surface area contributed by atoms with E-state index in [0.717, 1.165) is 30.8 Å². The molecule has 5 rings (SSSR count). The van der Waals surface area contributed by atoms with Crippen molar-refractivity contribution in [3.63, 3.8) is 0 Å². The van der Waals surface area contributed by atoms with E-state index in [1.807, 2.05) is 24.3 Å². The summed E-state index contributed by atoms with van der Waals surface area (Å²) in [4.78, 5) is 17.7. The average Bonchev–Trinajstić information content (AvgIpc) is 3.39. The van der Waals surface area contributed by atoms with E-state index in [2.05, 4.69) is 27.3 Å². The standard InChI is InChI=1S/C25H27N3O4/c29-25(30)18-3-1-17(2-4-18)15-28-21-7-8-22(28)14-20(13-21)27-19-5-9-23(10-6-19)32-16-24-26-11-12-31-24/h1-6,9-12,20-22,27H,7-8,13-16H2,(H,29,30)/t20-,21-,22+. The molecule has 3 aromatic rings. The Morgan fingerprint density at radius 3 is 2.44 bits per heavy atom. The molecule has 0 unspecified atom stereocenters. The summed E-state index contributed by atoms with van der Waals surface area (Å²) < 4.78 is 10.9. The van der Waals surface area contributed by atoms with Gasteiger partial charge >= 0.3 is 5.97 Å². The van der Waals surface area contributed by atoms with E-state index < -0.39 is 5.97 Å².